The first-order valence-electron chi connectivity index (χ1n) is 8.40. The number of nitrogens with two attached hydrogens (primary N) is 1. The number of fused-ring (bicyclic) bond motifs is 2. The van der Waals surface area contributed by atoms with Gasteiger partial charge in [0.15, 0.2) is 0 Å². The van der Waals surface area contributed by atoms with E-state index in [1.165, 1.54) is 32.1 Å². The highest BCUT2D eigenvalue weighted by Gasteiger charge is 2.40. The van der Waals surface area contributed by atoms with Crippen molar-refractivity contribution in [2.45, 2.75) is 89.4 Å². The van der Waals surface area contributed by atoms with Gasteiger partial charge in [0.05, 0.1) is 6.54 Å². The van der Waals surface area contributed by atoms with Gasteiger partial charge in [-0.1, -0.05) is 26.2 Å². The number of rotatable bonds is 7. The lowest BCUT2D eigenvalue weighted by Crippen LogP contribution is -2.51. The first kappa shape index (κ1) is 15.8. The lowest BCUT2D eigenvalue weighted by molar-refractivity contribution is -0.124. The molecule has 1 amide bonds. The minimum atomic E-state index is 0.196. The van der Waals surface area contributed by atoms with E-state index in [2.05, 4.69) is 24.1 Å². The minimum Gasteiger partial charge on any atom is -0.353 e. The molecule has 2 heterocycles. The fraction of sp³-hybridized carbons (Fsp3) is 0.938. The molecular formula is C16H31N3O. The molecule has 2 aliphatic rings. The smallest absolute Gasteiger partial charge is 0.234 e. The summed E-state index contributed by atoms with van der Waals surface area (Å²) in [6, 6.07) is 1.74. The number of hydrogen-bond donors (Lipinski definition) is 2. The molecule has 2 fully saturated rings. The van der Waals surface area contributed by atoms with E-state index in [9.17, 15) is 4.79 Å². The highest BCUT2D eigenvalue weighted by molar-refractivity contribution is 5.78. The topological polar surface area (TPSA) is 58.4 Å². The molecule has 0 aromatic rings. The Hall–Kier alpha value is -0.610. The van der Waals surface area contributed by atoms with Crippen LogP contribution in [0.25, 0.3) is 0 Å². The molecule has 0 aromatic carbocycles. The van der Waals surface area contributed by atoms with E-state index in [0.29, 0.717) is 30.7 Å². The van der Waals surface area contributed by atoms with E-state index in [0.717, 1.165) is 19.3 Å². The van der Waals surface area contributed by atoms with Gasteiger partial charge in [-0.3, -0.25) is 9.69 Å². The van der Waals surface area contributed by atoms with Gasteiger partial charge in [-0.15, -0.1) is 0 Å². The molecular weight excluding hydrogens is 250 g/mol. The van der Waals surface area contributed by atoms with Crippen LogP contribution >= 0.6 is 0 Å². The zero-order valence-electron chi connectivity index (χ0n) is 13.1. The number of nitrogens with one attached hydrogen (secondary N) is 1. The molecule has 2 rings (SSSR count). The Morgan fingerprint density at radius 1 is 1.30 bits per heavy atom. The molecule has 2 saturated heterocycles. The van der Waals surface area contributed by atoms with E-state index < -0.39 is 0 Å². The van der Waals surface area contributed by atoms with Crippen molar-refractivity contribution in [2.24, 2.45) is 5.73 Å². The molecule has 0 aliphatic carbocycles. The van der Waals surface area contributed by atoms with Crippen molar-refractivity contribution in [1.82, 2.24) is 10.2 Å². The number of carbonyl (C=O) groups is 1. The van der Waals surface area contributed by atoms with E-state index in [1.807, 2.05) is 0 Å². The number of carbonyl (C=O) groups excluding carboxylic acids is 1. The van der Waals surface area contributed by atoms with E-state index in [-0.39, 0.29) is 5.91 Å². The van der Waals surface area contributed by atoms with Crippen LogP contribution in [0.4, 0.5) is 0 Å². The highest BCUT2D eigenvalue weighted by Crippen LogP contribution is 2.34. The van der Waals surface area contributed by atoms with Crippen LogP contribution in [-0.2, 0) is 4.79 Å². The van der Waals surface area contributed by atoms with Gasteiger partial charge in [0.1, 0.15) is 0 Å². The zero-order valence-corrected chi connectivity index (χ0v) is 13.1. The van der Waals surface area contributed by atoms with Crippen molar-refractivity contribution in [3.05, 3.63) is 0 Å². The predicted molar refractivity (Wildman–Crippen MR) is 82.5 cm³/mol. The molecule has 3 unspecified atom stereocenters. The maximum Gasteiger partial charge on any atom is 0.234 e. The number of hydrogen-bond acceptors (Lipinski definition) is 3. The van der Waals surface area contributed by atoms with Gasteiger partial charge in [-0.05, 0) is 39.0 Å². The first-order chi connectivity index (χ1) is 9.60. The summed E-state index contributed by atoms with van der Waals surface area (Å²) in [5.41, 5.74) is 6.07. The summed E-state index contributed by atoms with van der Waals surface area (Å²) in [7, 11) is 0. The Kier molecular flexibility index (Phi) is 5.85. The summed E-state index contributed by atoms with van der Waals surface area (Å²) in [6.07, 6.45) is 9.37. The van der Waals surface area contributed by atoms with Gasteiger partial charge in [0, 0.05) is 24.2 Å². The molecule has 116 valence electrons. The van der Waals surface area contributed by atoms with E-state index >= 15 is 0 Å². The van der Waals surface area contributed by atoms with Gasteiger partial charge < -0.3 is 11.1 Å². The largest absolute Gasteiger partial charge is 0.353 e. The van der Waals surface area contributed by atoms with Crippen molar-refractivity contribution in [2.75, 3.05) is 6.54 Å². The van der Waals surface area contributed by atoms with Gasteiger partial charge in [0.2, 0.25) is 5.91 Å². The number of unbranched alkanes of at least 4 members (excludes halogenated alkanes) is 2. The van der Waals surface area contributed by atoms with Crippen LogP contribution in [0.3, 0.4) is 0 Å². The van der Waals surface area contributed by atoms with Gasteiger partial charge in [-0.25, -0.2) is 0 Å². The van der Waals surface area contributed by atoms with Crippen molar-refractivity contribution in [3.63, 3.8) is 0 Å². The molecule has 0 radical (unpaired) electrons. The fourth-order valence-corrected chi connectivity index (χ4v) is 3.83. The molecule has 3 atom stereocenters. The highest BCUT2D eigenvalue weighted by atomic mass is 16.2. The Bertz CT molecular complexity index is 307. The summed E-state index contributed by atoms with van der Waals surface area (Å²) in [6.45, 7) is 4.90. The summed E-state index contributed by atoms with van der Waals surface area (Å²) in [5.74, 6) is 0.196. The maximum atomic E-state index is 12.2. The number of piperidine rings is 1. The third-order valence-electron chi connectivity index (χ3n) is 4.90. The second kappa shape index (κ2) is 7.41. The molecule has 2 aliphatic heterocycles. The summed E-state index contributed by atoms with van der Waals surface area (Å²) >= 11 is 0. The second-order valence-corrected chi connectivity index (χ2v) is 6.75. The maximum absolute atomic E-state index is 12.2. The normalized spacial score (nSPS) is 31.2. The summed E-state index contributed by atoms with van der Waals surface area (Å²) < 4.78 is 0. The van der Waals surface area contributed by atoms with Crippen LogP contribution in [0, 0.1) is 0 Å². The Balaban J connectivity index is 1.72. The fourth-order valence-electron chi connectivity index (χ4n) is 3.83. The molecule has 4 nitrogen and oxygen atoms in total. The molecule has 2 bridgehead atoms. The first-order valence-corrected chi connectivity index (χ1v) is 8.40. The van der Waals surface area contributed by atoms with Crippen LogP contribution in [0.5, 0.6) is 0 Å². The molecule has 20 heavy (non-hydrogen) atoms. The standard InChI is InChI=1S/C16H31N3O/c1-3-4-5-6-12(2)18-16(20)11-19-14-7-8-15(19)10-13(17)9-14/h12-15H,3-11,17H2,1-2H3,(H,18,20). The minimum absolute atomic E-state index is 0.196. The summed E-state index contributed by atoms with van der Waals surface area (Å²) in [4.78, 5) is 14.6. The van der Waals surface area contributed by atoms with E-state index in [1.54, 1.807) is 0 Å². The average molecular weight is 281 g/mol. The Morgan fingerprint density at radius 3 is 2.55 bits per heavy atom. The lowest BCUT2D eigenvalue weighted by Gasteiger charge is -2.37. The Morgan fingerprint density at radius 2 is 1.95 bits per heavy atom. The van der Waals surface area contributed by atoms with Gasteiger partial charge in [0.25, 0.3) is 0 Å². The third-order valence-corrected chi connectivity index (χ3v) is 4.90. The number of amides is 1. The third kappa shape index (κ3) is 4.19. The second-order valence-electron chi connectivity index (χ2n) is 6.75. The lowest BCUT2D eigenvalue weighted by atomic mass is 9.98. The zero-order chi connectivity index (χ0) is 14.5. The molecule has 0 spiro atoms. The van der Waals surface area contributed by atoms with Crippen molar-refractivity contribution >= 4 is 5.91 Å². The molecule has 0 saturated carbocycles. The monoisotopic (exact) mass is 281 g/mol. The van der Waals surface area contributed by atoms with E-state index in [4.69, 9.17) is 5.73 Å². The van der Waals surface area contributed by atoms with Gasteiger partial charge >= 0.3 is 0 Å². The number of nitrogens with zero attached hydrogens (tertiary/aromatic N) is 1. The SMILES string of the molecule is CCCCCC(C)NC(=O)CN1C2CCC1CC(N)C2. The van der Waals surface area contributed by atoms with Crippen LogP contribution in [-0.4, -0.2) is 41.5 Å². The van der Waals surface area contributed by atoms with Crippen molar-refractivity contribution in [1.29, 1.82) is 0 Å². The molecule has 3 N–H and O–H groups in total. The molecule has 4 heteroatoms. The predicted octanol–water partition coefficient (Wildman–Crippen LogP) is 2.03. The average Bonchev–Trinajstić information content (AvgIpc) is 2.62. The molecule has 0 aromatic heterocycles. The van der Waals surface area contributed by atoms with Crippen LogP contribution in [0.1, 0.15) is 65.2 Å². The van der Waals surface area contributed by atoms with Crippen LogP contribution < -0.4 is 11.1 Å². The quantitative estimate of drug-likeness (QED) is 0.702. The van der Waals surface area contributed by atoms with Crippen LogP contribution in [0.2, 0.25) is 0 Å². The Labute approximate surface area is 123 Å². The van der Waals surface area contributed by atoms with Gasteiger partial charge in [-0.2, -0.15) is 0 Å². The summed E-state index contributed by atoms with van der Waals surface area (Å²) in [5, 5.41) is 3.15. The van der Waals surface area contributed by atoms with Crippen molar-refractivity contribution in [3.8, 4) is 0 Å². The van der Waals surface area contributed by atoms with Crippen LogP contribution in [0.15, 0.2) is 0 Å². The van der Waals surface area contributed by atoms with Crippen molar-refractivity contribution < 1.29 is 4.79 Å².